The summed E-state index contributed by atoms with van der Waals surface area (Å²) in [5.41, 5.74) is 8.23. The summed E-state index contributed by atoms with van der Waals surface area (Å²) in [5, 5.41) is 0. The molecular weight excluding hydrogens is 367 g/mol. The fraction of sp³-hybridized carbons (Fsp3) is 0.231. The first kappa shape index (κ1) is 16.3. The van der Waals surface area contributed by atoms with Gasteiger partial charge in [0.2, 0.25) is 0 Å². The lowest BCUT2D eigenvalue weighted by molar-refractivity contribution is -0.137. The number of nitrogens with two attached hydrogens (primary N) is 2. The van der Waals surface area contributed by atoms with Crippen molar-refractivity contribution in [2.24, 2.45) is 5.84 Å². The van der Waals surface area contributed by atoms with Crippen LogP contribution in [0.2, 0.25) is 0 Å². The molecule has 1 atom stereocenters. The summed E-state index contributed by atoms with van der Waals surface area (Å²) in [4.78, 5) is 0.988. The Hall–Kier alpha value is -1.09. The van der Waals surface area contributed by atoms with E-state index in [0.717, 1.165) is 20.8 Å². The van der Waals surface area contributed by atoms with Gasteiger partial charge in [-0.25, -0.2) is 0 Å². The van der Waals surface area contributed by atoms with Gasteiger partial charge in [-0.05, 0) is 51.8 Å². The molecule has 2 rings (SSSR count). The van der Waals surface area contributed by atoms with Crippen molar-refractivity contribution in [1.29, 1.82) is 0 Å². The molecule has 0 aliphatic carbocycles. The van der Waals surface area contributed by atoms with E-state index in [1.165, 1.54) is 17.4 Å². The predicted octanol–water partition coefficient (Wildman–Crippen LogP) is 3.86. The Morgan fingerprint density at radius 1 is 1.24 bits per heavy atom. The normalized spacial score (nSPS) is 13.4. The summed E-state index contributed by atoms with van der Waals surface area (Å²) in [5.74, 6) is 5.49. The van der Waals surface area contributed by atoms with Gasteiger partial charge in [-0.1, -0.05) is 0 Å². The minimum absolute atomic E-state index is 0.279. The van der Waals surface area contributed by atoms with Crippen LogP contribution in [-0.2, 0) is 12.6 Å². The van der Waals surface area contributed by atoms with Crippen LogP contribution in [0, 0.1) is 0 Å². The number of alkyl halides is 3. The predicted molar refractivity (Wildman–Crippen MR) is 81.6 cm³/mol. The van der Waals surface area contributed by atoms with Crippen LogP contribution in [0.3, 0.4) is 0 Å². The molecule has 0 amide bonds. The van der Waals surface area contributed by atoms with Gasteiger partial charge < -0.3 is 5.73 Å². The zero-order valence-electron chi connectivity index (χ0n) is 10.7. The van der Waals surface area contributed by atoms with E-state index in [1.54, 1.807) is 0 Å². The first-order valence-electron chi connectivity index (χ1n) is 5.98. The molecular formula is C13H13BrF3N3S. The molecule has 21 heavy (non-hydrogen) atoms. The number of rotatable bonds is 4. The lowest BCUT2D eigenvalue weighted by atomic mass is 9.99. The maximum Gasteiger partial charge on any atom is 0.416 e. The van der Waals surface area contributed by atoms with Gasteiger partial charge >= 0.3 is 6.18 Å². The maximum absolute atomic E-state index is 12.8. The van der Waals surface area contributed by atoms with Crippen LogP contribution < -0.4 is 17.0 Å². The van der Waals surface area contributed by atoms with Gasteiger partial charge in [0, 0.05) is 17.0 Å². The van der Waals surface area contributed by atoms with E-state index in [0.29, 0.717) is 12.0 Å². The zero-order valence-corrected chi connectivity index (χ0v) is 13.1. The third-order valence-corrected chi connectivity index (χ3v) is 4.67. The number of halogens is 4. The molecule has 3 nitrogen and oxygen atoms in total. The van der Waals surface area contributed by atoms with Crippen molar-refractivity contribution in [2.75, 3.05) is 5.73 Å². The molecule has 8 heteroatoms. The van der Waals surface area contributed by atoms with Gasteiger partial charge in [0.15, 0.2) is 0 Å². The van der Waals surface area contributed by atoms with E-state index < -0.39 is 17.8 Å². The first-order chi connectivity index (χ1) is 9.81. The second-order valence-corrected chi connectivity index (χ2v) is 7.02. The largest absolute Gasteiger partial charge is 0.416 e. The molecule has 5 N–H and O–H groups in total. The number of benzene rings is 1. The van der Waals surface area contributed by atoms with Crippen molar-refractivity contribution in [3.8, 4) is 0 Å². The number of anilines is 1. The second kappa shape index (κ2) is 6.35. The molecule has 114 valence electrons. The summed E-state index contributed by atoms with van der Waals surface area (Å²) in [7, 11) is 0. The molecule has 1 aromatic heterocycles. The van der Waals surface area contributed by atoms with Gasteiger partial charge in [-0.2, -0.15) is 13.2 Å². The van der Waals surface area contributed by atoms with Crippen LogP contribution in [0.25, 0.3) is 0 Å². The molecule has 0 bridgehead atoms. The minimum Gasteiger partial charge on any atom is -0.398 e. The SMILES string of the molecule is NNC(Cc1ccc(Br)s1)c1cc(C(F)(F)F)ccc1N. The highest BCUT2D eigenvalue weighted by Crippen LogP contribution is 2.34. The van der Waals surface area contributed by atoms with Gasteiger partial charge in [-0.3, -0.25) is 11.3 Å². The Kier molecular flexibility index (Phi) is 4.92. The highest BCUT2D eigenvalue weighted by atomic mass is 79.9. The van der Waals surface area contributed by atoms with Gasteiger partial charge in [0.05, 0.1) is 15.4 Å². The van der Waals surface area contributed by atoms with E-state index in [1.807, 2.05) is 12.1 Å². The summed E-state index contributed by atoms with van der Waals surface area (Å²) in [6.07, 6.45) is -3.95. The Bertz CT molecular complexity index is 627. The van der Waals surface area contributed by atoms with Crippen molar-refractivity contribution in [2.45, 2.75) is 18.6 Å². The van der Waals surface area contributed by atoms with Crippen LogP contribution in [0.1, 0.15) is 22.0 Å². The van der Waals surface area contributed by atoms with Gasteiger partial charge in [0.1, 0.15) is 0 Å². The highest BCUT2D eigenvalue weighted by molar-refractivity contribution is 9.11. The van der Waals surface area contributed by atoms with Crippen molar-refractivity contribution in [3.05, 3.63) is 50.1 Å². The molecule has 1 aromatic carbocycles. The van der Waals surface area contributed by atoms with Crippen molar-refractivity contribution in [1.82, 2.24) is 5.43 Å². The van der Waals surface area contributed by atoms with Crippen molar-refractivity contribution >= 4 is 33.0 Å². The standard InChI is InChI=1S/C13H13BrF3N3S/c14-12-4-2-8(21-12)6-11(20-19)9-5-7(13(15,16)17)1-3-10(9)18/h1-5,11,20H,6,18-19H2. The molecule has 0 spiro atoms. The minimum atomic E-state index is -4.41. The third-order valence-electron chi connectivity index (χ3n) is 3.02. The molecule has 0 saturated heterocycles. The van der Waals surface area contributed by atoms with Crippen LogP contribution in [-0.4, -0.2) is 0 Å². The number of nitrogens with one attached hydrogen (secondary N) is 1. The van der Waals surface area contributed by atoms with Crippen LogP contribution >= 0.6 is 27.3 Å². The Balaban J connectivity index is 2.33. The second-order valence-electron chi connectivity index (χ2n) is 4.47. The quantitative estimate of drug-likeness (QED) is 0.429. The van der Waals surface area contributed by atoms with E-state index in [2.05, 4.69) is 21.4 Å². The molecule has 1 unspecified atom stereocenters. The van der Waals surface area contributed by atoms with Gasteiger partial charge in [-0.15, -0.1) is 11.3 Å². The Morgan fingerprint density at radius 3 is 2.48 bits per heavy atom. The lowest BCUT2D eigenvalue weighted by Crippen LogP contribution is -2.30. The summed E-state index contributed by atoms with van der Waals surface area (Å²) in [6, 6.07) is 6.55. The molecule has 2 aromatic rings. The Morgan fingerprint density at radius 2 is 1.95 bits per heavy atom. The van der Waals surface area contributed by atoms with Crippen molar-refractivity contribution in [3.63, 3.8) is 0 Å². The molecule has 0 fully saturated rings. The number of hydrazine groups is 1. The van der Waals surface area contributed by atoms with E-state index in [4.69, 9.17) is 11.6 Å². The summed E-state index contributed by atoms with van der Waals surface area (Å²) in [6.45, 7) is 0. The molecule has 1 heterocycles. The summed E-state index contributed by atoms with van der Waals surface area (Å²) >= 11 is 4.85. The third kappa shape index (κ3) is 3.97. The topological polar surface area (TPSA) is 64.1 Å². The van der Waals surface area contributed by atoms with E-state index >= 15 is 0 Å². The highest BCUT2D eigenvalue weighted by Gasteiger charge is 2.31. The van der Waals surface area contributed by atoms with Crippen LogP contribution in [0.15, 0.2) is 34.1 Å². The number of hydrogen-bond acceptors (Lipinski definition) is 4. The number of hydrogen-bond donors (Lipinski definition) is 3. The summed E-state index contributed by atoms with van der Waals surface area (Å²) < 4.78 is 39.4. The van der Waals surface area contributed by atoms with Crippen molar-refractivity contribution < 1.29 is 13.2 Å². The van der Waals surface area contributed by atoms with Gasteiger partial charge in [0.25, 0.3) is 0 Å². The average molecular weight is 380 g/mol. The van der Waals surface area contributed by atoms with Crippen LogP contribution in [0.5, 0.6) is 0 Å². The number of thiophene rings is 1. The Labute approximate surface area is 132 Å². The first-order valence-corrected chi connectivity index (χ1v) is 7.59. The van der Waals surface area contributed by atoms with E-state index in [-0.39, 0.29) is 5.69 Å². The smallest absolute Gasteiger partial charge is 0.398 e. The zero-order chi connectivity index (χ0) is 15.6. The fourth-order valence-corrected chi connectivity index (χ4v) is 3.50. The maximum atomic E-state index is 12.8. The number of nitrogen functional groups attached to an aromatic ring is 1. The monoisotopic (exact) mass is 379 g/mol. The molecule has 0 radical (unpaired) electrons. The lowest BCUT2D eigenvalue weighted by Gasteiger charge is -2.19. The fourth-order valence-electron chi connectivity index (χ4n) is 1.97. The molecule has 0 aliphatic heterocycles. The molecule has 0 aliphatic rings. The van der Waals surface area contributed by atoms with Crippen LogP contribution in [0.4, 0.5) is 18.9 Å². The van der Waals surface area contributed by atoms with E-state index in [9.17, 15) is 13.2 Å². The molecule has 0 saturated carbocycles. The average Bonchev–Trinajstić information content (AvgIpc) is 2.81.